The minimum atomic E-state index is -4.46. The Balaban J connectivity index is 1.86. The number of carbonyl (C=O) groups excluding carboxylic acids is 1. The van der Waals surface area contributed by atoms with Crippen LogP contribution in [0.4, 0.5) is 18.9 Å². The molecule has 0 saturated carbocycles. The second-order valence-electron chi connectivity index (χ2n) is 6.78. The Morgan fingerprint density at radius 2 is 1.76 bits per heavy atom. The number of aryl methyl sites for hydroxylation is 1. The van der Waals surface area contributed by atoms with Gasteiger partial charge in [0.15, 0.2) is 0 Å². The number of anilines is 1. The van der Waals surface area contributed by atoms with Crippen LogP contribution < -0.4 is 10.9 Å². The number of aromatic nitrogens is 1. The molecule has 0 radical (unpaired) electrons. The first-order chi connectivity index (χ1) is 13.6. The summed E-state index contributed by atoms with van der Waals surface area (Å²) in [6.07, 6.45) is -3.11. The number of carbonyl (C=O) groups is 1. The van der Waals surface area contributed by atoms with E-state index >= 15 is 0 Å². The van der Waals surface area contributed by atoms with Gasteiger partial charge < -0.3 is 9.88 Å². The van der Waals surface area contributed by atoms with Gasteiger partial charge in [-0.05, 0) is 54.8 Å². The molecule has 0 fully saturated rings. The van der Waals surface area contributed by atoms with Gasteiger partial charge in [0.1, 0.15) is 0 Å². The zero-order chi connectivity index (χ0) is 21.2. The molecule has 0 unspecified atom stereocenters. The highest BCUT2D eigenvalue weighted by atomic mass is 19.4. The van der Waals surface area contributed by atoms with Gasteiger partial charge in [0.2, 0.25) is 0 Å². The summed E-state index contributed by atoms with van der Waals surface area (Å²) in [6, 6.07) is 12.9. The number of pyridine rings is 1. The average Bonchev–Trinajstić information content (AvgIpc) is 2.66. The van der Waals surface area contributed by atoms with E-state index in [0.29, 0.717) is 11.3 Å². The molecule has 3 rings (SSSR count). The topological polar surface area (TPSA) is 51.1 Å². The lowest BCUT2D eigenvalue weighted by Gasteiger charge is -2.13. The smallest absolute Gasteiger partial charge is 0.322 e. The Labute approximate surface area is 165 Å². The lowest BCUT2D eigenvalue weighted by Crippen LogP contribution is -2.23. The molecule has 0 aliphatic rings. The summed E-state index contributed by atoms with van der Waals surface area (Å²) in [7, 11) is 0. The summed E-state index contributed by atoms with van der Waals surface area (Å²) in [5, 5.41) is 2.80. The van der Waals surface area contributed by atoms with Gasteiger partial charge in [-0.1, -0.05) is 24.3 Å². The Kier molecular flexibility index (Phi) is 5.59. The second kappa shape index (κ2) is 7.95. The van der Waals surface area contributed by atoms with Crippen LogP contribution in [-0.4, -0.2) is 10.5 Å². The van der Waals surface area contributed by atoms with Crippen molar-refractivity contribution in [3.63, 3.8) is 0 Å². The van der Waals surface area contributed by atoms with E-state index in [4.69, 9.17) is 0 Å². The molecule has 0 bridgehead atoms. The van der Waals surface area contributed by atoms with Crippen molar-refractivity contribution < 1.29 is 18.0 Å². The van der Waals surface area contributed by atoms with Crippen LogP contribution in [0.3, 0.4) is 0 Å². The lowest BCUT2D eigenvalue weighted by molar-refractivity contribution is -0.137. The third-order valence-electron chi connectivity index (χ3n) is 4.71. The summed E-state index contributed by atoms with van der Waals surface area (Å²) in [4.78, 5) is 24.8. The zero-order valence-electron chi connectivity index (χ0n) is 15.9. The largest absolute Gasteiger partial charge is 0.416 e. The fourth-order valence-electron chi connectivity index (χ4n) is 2.91. The number of alkyl halides is 3. The number of halogens is 3. The summed E-state index contributed by atoms with van der Waals surface area (Å²) < 4.78 is 39.9. The predicted molar refractivity (Wildman–Crippen MR) is 105 cm³/mol. The van der Waals surface area contributed by atoms with Crippen LogP contribution >= 0.6 is 0 Å². The molecule has 0 aliphatic heterocycles. The average molecular weight is 400 g/mol. The van der Waals surface area contributed by atoms with E-state index in [1.165, 1.54) is 35.0 Å². The normalized spacial score (nSPS) is 11.3. The molecule has 2 aromatic carbocycles. The Morgan fingerprint density at radius 3 is 2.48 bits per heavy atom. The molecule has 3 aromatic rings. The number of nitrogens with zero attached hydrogens (tertiary/aromatic N) is 1. The number of benzene rings is 2. The van der Waals surface area contributed by atoms with Gasteiger partial charge in [0, 0.05) is 18.0 Å². The quantitative estimate of drug-likeness (QED) is 0.685. The number of rotatable bonds is 4. The first-order valence-electron chi connectivity index (χ1n) is 8.89. The first kappa shape index (κ1) is 20.4. The van der Waals surface area contributed by atoms with Crippen molar-refractivity contribution in [3.05, 3.63) is 99.0 Å². The molecule has 150 valence electrons. The maximum absolute atomic E-state index is 12.9. The minimum Gasteiger partial charge on any atom is -0.322 e. The maximum Gasteiger partial charge on any atom is 0.416 e. The maximum atomic E-state index is 12.9. The number of amides is 1. The predicted octanol–water partition coefficient (Wildman–Crippen LogP) is 4.78. The molecule has 1 heterocycles. The summed E-state index contributed by atoms with van der Waals surface area (Å²) in [5.74, 6) is -0.406. The standard InChI is InChI=1S/C22H19F3N2O2/c1-14-5-3-8-19(15(14)2)26-21(29)17-9-10-20(28)27(13-17)12-16-6-4-7-18(11-16)22(23,24)25/h3-11,13H,12H2,1-2H3,(H,26,29). The summed E-state index contributed by atoms with van der Waals surface area (Å²) >= 11 is 0. The van der Waals surface area contributed by atoms with Gasteiger partial charge in [-0.2, -0.15) is 13.2 Å². The van der Waals surface area contributed by atoms with Crippen LogP contribution in [0.15, 0.2) is 65.6 Å². The third-order valence-corrected chi connectivity index (χ3v) is 4.71. The number of hydrogen-bond donors (Lipinski definition) is 1. The lowest BCUT2D eigenvalue weighted by atomic mass is 10.1. The SMILES string of the molecule is Cc1cccc(NC(=O)c2ccc(=O)n(Cc3cccc(C(F)(F)F)c3)c2)c1C. The molecule has 0 aliphatic carbocycles. The molecule has 1 amide bonds. The van der Waals surface area contributed by atoms with E-state index in [2.05, 4.69) is 5.32 Å². The molecule has 0 spiro atoms. The van der Waals surface area contributed by atoms with Crippen LogP contribution in [-0.2, 0) is 12.7 Å². The van der Waals surface area contributed by atoms with Crippen molar-refractivity contribution in [1.29, 1.82) is 0 Å². The molecule has 4 nitrogen and oxygen atoms in total. The molecule has 0 atom stereocenters. The zero-order valence-corrected chi connectivity index (χ0v) is 15.9. The molecular weight excluding hydrogens is 381 g/mol. The Bertz CT molecular complexity index is 1120. The Morgan fingerprint density at radius 1 is 1.03 bits per heavy atom. The molecular formula is C22H19F3N2O2. The van der Waals surface area contributed by atoms with Gasteiger partial charge in [0.05, 0.1) is 17.7 Å². The van der Waals surface area contributed by atoms with E-state index in [1.54, 1.807) is 6.07 Å². The fourth-order valence-corrected chi connectivity index (χ4v) is 2.91. The van der Waals surface area contributed by atoms with Gasteiger partial charge in [-0.25, -0.2) is 0 Å². The van der Waals surface area contributed by atoms with E-state index in [0.717, 1.165) is 23.3 Å². The first-order valence-corrected chi connectivity index (χ1v) is 8.89. The monoisotopic (exact) mass is 400 g/mol. The highest BCUT2D eigenvalue weighted by Gasteiger charge is 2.30. The molecule has 0 saturated heterocycles. The summed E-state index contributed by atoms with van der Waals surface area (Å²) in [5.41, 5.74) is 1.96. The van der Waals surface area contributed by atoms with Crippen LogP contribution in [0, 0.1) is 13.8 Å². The van der Waals surface area contributed by atoms with Crippen LogP contribution in [0.1, 0.15) is 32.6 Å². The number of nitrogens with one attached hydrogen (secondary N) is 1. The van der Waals surface area contributed by atoms with Gasteiger partial charge in [0.25, 0.3) is 11.5 Å². The molecule has 1 N–H and O–H groups in total. The van der Waals surface area contributed by atoms with Crippen LogP contribution in [0.2, 0.25) is 0 Å². The van der Waals surface area contributed by atoms with Crippen LogP contribution in [0.25, 0.3) is 0 Å². The van der Waals surface area contributed by atoms with Gasteiger partial charge in [-0.3, -0.25) is 9.59 Å². The second-order valence-corrected chi connectivity index (χ2v) is 6.78. The summed E-state index contributed by atoms with van der Waals surface area (Å²) in [6.45, 7) is 3.74. The molecule has 29 heavy (non-hydrogen) atoms. The molecule has 7 heteroatoms. The highest BCUT2D eigenvalue weighted by molar-refractivity contribution is 6.04. The van der Waals surface area contributed by atoms with Crippen molar-refractivity contribution in [1.82, 2.24) is 4.57 Å². The van der Waals surface area contributed by atoms with Gasteiger partial charge in [-0.15, -0.1) is 0 Å². The number of hydrogen-bond acceptors (Lipinski definition) is 2. The van der Waals surface area contributed by atoms with E-state index in [1.807, 2.05) is 26.0 Å². The Hall–Kier alpha value is -3.35. The van der Waals surface area contributed by atoms with E-state index < -0.39 is 23.2 Å². The highest BCUT2D eigenvalue weighted by Crippen LogP contribution is 2.29. The van der Waals surface area contributed by atoms with Crippen molar-refractivity contribution in [3.8, 4) is 0 Å². The van der Waals surface area contributed by atoms with Crippen molar-refractivity contribution in [2.45, 2.75) is 26.6 Å². The fraction of sp³-hybridized carbons (Fsp3) is 0.182. The van der Waals surface area contributed by atoms with Crippen molar-refractivity contribution >= 4 is 11.6 Å². The van der Waals surface area contributed by atoms with E-state index in [9.17, 15) is 22.8 Å². The van der Waals surface area contributed by atoms with E-state index in [-0.39, 0.29) is 12.1 Å². The van der Waals surface area contributed by atoms with Gasteiger partial charge >= 0.3 is 6.18 Å². The minimum absolute atomic E-state index is 0.0760. The van der Waals surface area contributed by atoms with Crippen molar-refractivity contribution in [2.75, 3.05) is 5.32 Å². The van der Waals surface area contributed by atoms with Crippen molar-refractivity contribution in [2.24, 2.45) is 0 Å². The third kappa shape index (κ3) is 4.74. The molecule has 1 aromatic heterocycles. The van der Waals surface area contributed by atoms with Crippen LogP contribution in [0.5, 0.6) is 0 Å².